The smallest absolute Gasteiger partial charge is 0.0539 e. The van der Waals surface area contributed by atoms with Crippen LogP contribution >= 0.6 is 0 Å². The molecule has 1 saturated carbocycles. The van der Waals surface area contributed by atoms with E-state index in [1.807, 2.05) is 0 Å². The number of benzene rings is 2. The van der Waals surface area contributed by atoms with Crippen molar-refractivity contribution in [1.82, 2.24) is 4.90 Å². The summed E-state index contributed by atoms with van der Waals surface area (Å²) in [6.07, 6.45) is 7.99. The fraction of sp³-hybridized carbons (Fsp3) is 0.478. The highest BCUT2D eigenvalue weighted by Crippen LogP contribution is 2.33. The van der Waals surface area contributed by atoms with Crippen LogP contribution in [0, 0.1) is 5.92 Å². The predicted molar refractivity (Wildman–Crippen MR) is 105 cm³/mol. The monoisotopic (exact) mass is 334 g/mol. The van der Waals surface area contributed by atoms with Crippen molar-refractivity contribution in [1.29, 1.82) is 0 Å². The number of nitrogens with zero attached hydrogens (tertiary/aromatic N) is 1. The minimum Gasteiger partial charge on any atom is -0.320 e. The maximum atomic E-state index is 6.89. The number of hydrogen-bond acceptors (Lipinski definition) is 2. The molecule has 2 fully saturated rings. The van der Waals surface area contributed by atoms with E-state index in [9.17, 15) is 0 Å². The molecule has 132 valence electrons. The van der Waals surface area contributed by atoms with Crippen LogP contribution in [0.1, 0.15) is 44.1 Å². The molecule has 0 amide bonds. The fourth-order valence-corrected chi connectivity index (χ4v) is 4.75. The number of rotatable bonds is 4. The second-order valence-electron chi connectivity index (χ2n) is 8.09. The Morgan fingerprint density at radius 1 is 0.880 bits per heavy atom. The SMILES string of the molecule is NC1(c2ccc(-c3ccccc3)cc2)CCCN(CC2CCCC2)C1. The molecule has 1 saturated heterocycles. The normalized spacial score (nSPS) is 25.3. The Hall–Kier alpha value is -1.64. The van der Waals surface area contributed by atoms with E-state index in [0.29, 0.717) is 0 Å². The largest absolute Gasteiger partial charge is 0.320 e. The van der Waals surface area contributed by atoms with Crippen LogP contribution in [0.25, 0.3) is 11.1 Å². The molecule has 1 aliphatic carbocycles. The molecule has 2 aromatic rings. The summed E-state index contributed by atoms with van der Waals surface area (Å²) in [4.78, 5) is 2.63. The van der Waals surface area contributed by atoms with Gasteiger partial charge in [0.25, 0.3) is 0 Å². The molecule has 25 heavy (non-hydrogen) atoms. The van der Waals surface area contributed by atoms with Crippen molar-refractivity contribution < 1.29 is 0 Å². The lowest BCUT2D eigenvalue weighted by Crippen LogP contribution is -2.52. The summed E-state index contributed by atoms with van der Waals surface area (Å²) in [5.41, 5.74) is 10.5. The van der Waals surface area contributed by atoms with Crippen LogP contribution in [-0.2, 0) is 5.54 Å². The van der Waals surface area contributed by atoms with Crippen molar-refractivity contribution in [3.8, 4) is 11.1 Å². The van der Waals surface area contributed by atoms with E-state index in [4.69, 9.17) is 5.73 Å². The first-order valence-corrected chi connectivity index (χ1v) is 9.90. The Morgan fingerprint density at radius 3 is 2.28 bits per heavy atom. The van der Waals surface area contributed by atoms with Gasteiger partial charge in [0.2, 0.25) is 0 Å². The highest BCUT2D eigenvalue weighted by Gasteiger charge is 2.34. The first-order chi connectivity index (χ1) is 12.2. The number of piperidine rings is 1. The topological polar surface area (TPSA) is 29.3 Å². The van der Waals surface area contributed by atoms with E-state index in [1.165, 1.54) is 61.9 Å². The molecule has 1 atom stereocenters. The van der Waals surface area contributed by atoms with Gasteiger partial charge in [-0.1, -0.05) is 67.4 Å². The molecule has 0 aromatic heterocycles. The van der Waals surface area contributed by atoms with E-state index in [-0.39, 0.29) is 5.54 Å². The third kappa shape index (κ3) is 3.80. The van der Waals surface area contributed by atoms with Gasteiger partial charge >= 0.3 is 0 Å². The van der Waals surface area contributed by atoms with Crippen molar-refractivity contribution in [2.75, 3.05) is 19.6 Å². The van der Waals surface area contributed by atoms with Gasteiger partial charge < -0.3 is 10.6 Å². The summed E-state index contributed by atoms with van der Waals surface area (Å²) < 4.78 is 0. The standard InChI is InChI=1S/C23H30N2/c24-23(15-6-16-25(18-23)17-19-7-4-5-8-19)22-13-11-21(12-14-22)20-9-2-1-3-10-20/h1-3,9-14,19H,4-8,15-18,24H2. The van der Waals surface area contributed by atoms with Gasteiger partial charge in [0.05, 0.1) is 5.54 Å². The zero-order chi connectivity index (χ0) is 17.1. The molecule has 1 aliphatic heterocycles. The van der Waals surface area contributed by atoms with E-state index >= 15 is 0 Å². The summed E-state index contributed by atoms with van der Waals surface area (Å²) in [5.74, 6) is 0.905. The van der Waals surface area contributed by atoms with Crippen LogP contribution < -0.4 is 5.73 Å². The highest BCUT2D eigenvalue weighted by molar-refractivity contribution is 5.63. The Balaban J connectivity index is 1.47. The summed E-state index contributed by atoms with van der Waals surface area (Å²) in [6, 6.07) is 19.5. The Morgan fingerprint density at radius 2 is 1.56 bits per heavy atom. The molecule has 0 spiro atoms. The molecule has 4 rings (SSSR count). The van der Waals surface area contributed by atoms with E-state index in [1.54, 1.807) is 0 Å². The van der Waals surface area contributed by atoms with Gasteiger partial charge in [-0.3, -0.25) is 0 Å². The lowest BCUT2D eigenvalue weighted by Gasteiger charge is -2.41. The van der Waals surface area contributed by atoms with E-state index < -0.39 is 0 Å². The molecule has 0 radical (unpaired) electrons. The lowest BCUT2D eigenvalue weighted by molar-refractivity contribution is 0.130. The average Bonchev–Trinajstić information content (AvgIpc) is 3.16. The van der Waals surface area contributed by atoms with Gasteiger partial charge in [-0.2, -0.15) is 0 Å². The van der Waals surface area contributed by atoms with Crippen molar-refractivity contribution in [3.05, 3.63) is 60.2 Å². The Kier molecular flexibility index (Phi) is 4.91. The molecule has 2 nitrogen and oxygen atoms in total. The molecule has 0 bridgehead atoms. The quantitative estimate of drug-likeness (QED) is 0.871. The van der Waals surface area contributed by atoms with Crippen molar-refractivity contribution in [2.45, 2.75) is 44.1 Å². The Labute approximate surface area is 152 Å². The van der Waals surface area contributed by atoms with Gasteiger partial charge in [-0.15, -0.1) is 0 Å². The van der Waals surface area contributed by atoms with Gasteiger partial charge in [0.1, 0.15) is 0 Å². The predicted octanol–water partition coefficient (Wildman–Crippen LogP) is 4.79. The van der Waals surface area contributed by atoms with Crippen LogP contribution in [-0.4, -0.2) is 24.5 Å². The van der Waals surface area contributed by atoms with Crippen LogP contribution in [0.5, 0.6) is 0 Å². The van der Waals surface area contributed by atoms with E-state index in [0.717, 1.165) is 18.9 Å². The third-order valence-electron chi connectivity index (χ3n) is 6.16. The second-order valence-corrected chi connectivity index (χ2v) is 8.09. The summed E-state index contributed by atoms with van der Waals surface area (Å²) in [7, 11) is 0. The van der Waals surface area contributed by atoms with Crippen LogP contribution in [0.15, 0.2) is 54.6 Å². The minimum atomic E-state index is -0.188. The van der Waals surface area contributed by atoms with Crippen molar-refractivity contribution in [3.63, 3.8) is 0 Å². The molecule has 2 aliphatic rings. The van der Waals surface area contributed by atoms with Gasteiger partial charge in [0, 0.05) is 13.1 Å². The van der Waals surface area contributed by atoms with Crippen LogP contribution in [0.2, 0.25) is 0 Å². The molecular weight excluding hydrogens is 304 g/mol. The van der Waals surface area contributed by atoms with Crippen molar-refractivity contribution in [2.24, 2.45) is 11.7 Å². The van der Waals surface area contributed by atoms with Crippen LogP contribution in [0.3, 0.4) is 0 Å². The minimum absolute atomic E-state index is 0.188. The molecular formula is C23H30N2. The van der Waals surface area contributed by atoms with E-state index in [2.05, 4.69) is 59.5 Å². The highest BCUT2D eigenvalue weighted by atomic mass is 15.2. The molecule has 2 heteroatoms. The Bertz CT molecular complexity index is 673. The molecule has 1 unspecified atom stereocenters. The first-order valence-electron chi connectivity index (χ1n) is 9.90. The third-order valence-corrected chi connectivity index (χ3v) is 6.16. The molecule has 2 N–H and O–H groups in total. The summed E-state index contributed by atoms with van der Waals surface area (Å²) in [6.45, 7) is 3.48. The second kappa shape index (κ2) is 7.31. The number of likely N-dealkylation sites (tertiary alicyclic amines) is 1. The summed E-state index contributed by atoms with van der Waals surface area (Å²) in [5, 5.41) is 0. The fourth-order valence-electron chi connectivity index (χ4n) is 4.75. The first kappa shape index (κ1) is 16.8. The average molecular weight is 335 g/mol. The molecule has 1 heterocycles. The lowest BCUT2D eigenvalue weighted by atomic mass is 9.82. The zero-order valence-corrected chi connectivity index (χ0v) is 15.2. The van der Waals surface area contributed by atoms with Gasteiger partial charge in [0.15, 0.2) is 0 Å². The van der Waals surface area contributed by atoms with Gasteiger partial charge in [-0.05, 0) is 54.8 Å². The molecule has 2 aromatic carbocycles. The summed E-state index contributed by atoms with van der Waals surface area (Å²) >= 11 is 0. The van der Waals surface area contributed by atoms with Crippen molar-refractivity contribution >= 4 is 0 Å². The zero-order valence-electron chi connectivity index (χ0n) is 15.2. The number of hydrogen-bond donors (Lipinski definition) is 1. The number of nitrogens with two attached hydrogens (primary N) is 1. The maximum absolute atomic E-state index is 6.89. The van der Waals surface area contributed by atoms with Crippen LogP contribution in [0.4, 0.5) is 0 Å². The van der Waals surface area contributed by atoms with Gasteiger partial charge in [-0.25, -0.2) is 0 Å². The maximum Gasteiger partial charge on any atom is 0.0539 e.